The Morgan fingerprint density at radius 1 is 0.816 bits per heavy atom. The van der Waals surface area contributed by atoms with E-state index in [4.69, 9.17) is 14.2 Å². The van der Waals surface area contributed by atoms with Crippen molar-refractivity contribution in [2.45, 2.75) is 65.6 Å². The molecule has 0 bridgehead atoms. The molecule has 256 valence electrons. The van der Waals surface area contributed by atoms with Gasteiger partial charge < -0.3 is 29.5 Å². The van der Waals surface area contributed by atoms with Gasteiger partial charge in [-0.1, -0.05) is 62.6 Å². The molecule has 4 rings (SSSR count). The number of carbonyl (C=O) groups excluding carboxylic acids is 2. The predicted octanol–water partition coefficient (Wildman–Crippen LogP) is 7.23. The minimum Gasteiger partial charge on any atom is -0.507 e. The molecule has 0 fully saturated rings. The molecular formula is C40H41FO8. The topological polar surface area (TPSA) is 123 Å². The van der Waals surface area contributed by atoms with Crippen LogP contribution in [-0.2, 0) is 19.6 Å². The highest BCUT2D eigenvalue weighted by atomic mass is 19.1. The van der Waals surface area contributed by atoms with Gasteiger partial charge >= 0.3 is 5.97 Å². The summed E-state index contributed by atoms with van der Waals surface area (Å²) >= 11 is 0. The van der Waals surface area contributed by atoms with Crippen LogP contribution >= 0.6 is 0 Å². The average Bonchev–Trinajstić information content (AvgIpc) is 3.09. The molecule has 0 saturated carbocycles. The minimum absolute atomic E-state index is 0.0283. The first kappa shape index (κ1) is 36.7. The fraction of sp³-hybridized carbons (Fsp3) is 0.300. The Bertz CT molecular complexity index is 1840. The van der Waals surface area contributed by atoms with E-state index in [9.17, 15) is 29.3 Å². The number of aryl methyl sites for hydroxylation is 1. The van der Waals surface area contributed by atoms with Crippen molar-refractivity contribution < 1.29 is 43.5 Å². The number of Topliss-reactive ketones (excluding diaryl/α,β-unsaturated/α-hetero) is 1. The van der Waals surface area contributed by atoms with Crippen LogP contribution in [0.1, 0.15) is 93.1 Å². The lowest BCUT2D eigenvalue weighted by atomic mass is 10.00. The summed E-state index contributed by atoms with van der Waals surface area (Å²) in [6.07, 6.45) is 5.47. The van der Waals surface area contributed by atoms with Gasteiger partial charge in [-0.05, 0) is 72.0 Å². The molecule has 0 unspecified atom stereocenters. The number of ether oxygens (including phenoxy) is 3. The van der Waals surface area contributed by atoms with Gasteiger partial charge in [-0.25, -0.2) is 9.18 Å². The average molecular weight is 669 g/mol. The molecule has 8 nitrogen and oxygen atoms in total. The van der Waals surface area contributed by atoms with Gasteiger partial charge in [-0.2, -0.15) is 0 Å². The smallest absolute Gasteiger partial charge is 0.343 e. The summed E-state index contributed by atoms with van der Waals surface area (Å²) in [6, 6.07) is 16.7. The maximum Gasteiger partial charge on any atom is 0.343 e. The zero-order valence-corrected chi connectivity index (χ0v) is 28.0. The molecule has 0 amide bonds. The lowest BCUT2D eigenvalue weighted by Crippen LogP contribution is -2.13. The monoisotopic (exact) mass is 668 g/mol. The maximum absolute atomic E-state index is 14.9. The van der Waals surface area contributed by atoms with E-state index in [1.165, 1.54) is 43.9 Å². The first-order valence-corrected chi connectivity index (χ1v) is 16.2. The molecule has 0 heterocycles. The number of aliphatic hydroxyl groups excluding tert-OH is 2. The van der Waals surface area contributed by atoms with E-state index in [-0.39, 0.29) is 47.0 Å². The number of phenols is 1. The van der Waals surface area contributed by atoms with Crippen LogP contribution < -0.4 is 14.2 Å². The number of hydrogen-bond acceptors (Lipinski definition) is 8. The second-order valence-corrected chi connectivity index (χ2v) is 11.6. The molecule has 0 saturated heterocycles. The molecule has 0 atom stereocenters. The summed E-state index contributed by atoms with van der Waals surface area (Å²) in [6.45, 7) is 3.71. The number of aliphatic hydroxyl groups is 2. The van der Waals surface area contributed by atoms with Crippen LogP contribution in [0, 0.1) is 24.6 Å². The summed E-state index contributed by atoms with van der Waals surface area (Å²) in [5.74, 6) is 4.41. The van der Waals surface area contributed by atoms with Gasteiger partial charge in [0.1, 0.15) is 17.3 Å². The number of unbranched alkanes of at least 4 members (excludes halogenated alkanes) is 4. The number of ketones is 1. The van der Waals surface area contributed by atoms with Crippen LogP contribution in [0.4, 0.5) is 4.39 Å². The van der Waals surface area contributed by atoms with Gasteiger partial charge in [0, 0.05) is 24.1 Å². The Kier molecular flexibility index (Phi) is 13.3. The van der Waals surface area contributed by atoms with Gasteiger partial charge in [0.25, 0.3) is 0 Å². The van der Waals surface area contributed by atoms with Crippen LogP contribution in [0.3, 0.4) is 0 Å². The summed E-state index contributed by atoms with van der Waals surface area (Å²) in [5, 5.41) is 29.8. The number of halogens is 1. The molecule has 0 aliphatic rings. The Morgan fingerprint density at radius 2 is 1.55 bits per heavy atom. The first-order chi connectivity index (χ1) is 23.7. The van der Waals surface area contributed by atoms with E-state index in [1.54, 1.807) is 37.3 Å². The Morgan fingerprint density at radius 3 is 2.22 bits per heavy atom. The predicted molar refractivity (Wildman–Crippen MR) is 184 cm³/mol. The van der Waals surface area contributed by atoms with Crippen molar-refractivity contribution in [2.24, 2.45) is 0 Å². The molecule has 0 aliphatic heterocycles. The van der Waals surface area contributed by atoms with Crippen molar-refractivity contribution in [1.82, 2.24) is 0 Å². The molecule has 49 heavy (non-hydrogen) atoms. The number of methoxy groups -OCH3 is 1. The van der Waals surface area contributed by atoms with E-state index >= 15 is 0 Å². The van der Waals surface area contributed by atoms with Crippen LogP contribution in [0.2, 0.25) is 0 Å². The number of esters is 1. The van der Waals surface area contributed by atoms with Gasteiger partial charge in [0.05, 0.1) is 43.6 Å². The van der Waals surface area contributed by atoms with Crippen molar-refractivity contribution in [3.63, 3.8) is 0 Å². The first-order valence-electron chi connectivity index (χ1n) is 16.2. The number of carbonyl (C=O) groups is 2. The molecular weight excluding hydrogens is 627 g/mol. The quantitative estimate of drug-likeness (QED) is 0.0399. The second-order valence-electron chi connectivity index (χ2n) is 11.6. The minimum atomic E-state index is -0.792. The normalized spacial score (nSPS) is 10.7. The zero-order chi connectivity index (χ0) is 35.3. The highest BCUT2D eigenvalue weighted by Gasteiger charge is 2.19. The van der Waals surface area contributed by atoms with Crippen LogP contribution in [0.15, 0.2) is 66.7 Å². The summed E-state index contributed by atoms with van der Waals surface area (Å²) in [4.78, 5) is 25.9. The Hall–Kier alpha value is -5.17. The molecule has 0 aromatic heterocycles. The van der Waals surface area contributed by atoms with Crippen molar-refractivity contribution in [1.29, 1.82) is 0 Å². The third-order valence-corrected chi connectivity index (χ3v) is 8.02. The lowest BCUT2D eigenvalue weighted by molar-refractivity contribution is 0.0730. The third kappa shape index (κ3) is 9.92. The van der Waals surface area contributed by atoms with Gasteiger partial charge in [0.2, 0.25) is 0 Å². The van der Waals surface area contributed by atoms with Gasteiger partial charge in [-0.3, -0.25) is 4.79 Å². The van der Waals surface area contributed by atoms with Crippen molar-refractivity contribution in [3.05, 3.63) is 117 Å². The fourth-order valence-corrected chi connectivity index (χ4v) is 5.19. The van der Waals surface area contributed by atoms with Crippen molar-refractivity contribution >= 4 is 11.8 Å². The summed E-state index contributed by atoms with van der Waals surface area (Å²) in [7, 11) is 1.49. The fourth-order valence-electron chi connectivity index (χ4n) is 5.19. The van der Waals surface area contributed by atoms with E-state index in [0.29, 0.717) is 40.4 Å². The van der Waals surface area contributed by atoms with E-state index < -0.39 is 18.4 Å². The molecule has 0 radical (unpaired) electrons. The number of hydrogen-bond donors (Lipinski definition) is 3. The van der Waals surface area contributed by atoms with Gasteiger partial charge in [-0.15, -0.1) is 0 Å². The largest absolute Gasteiger partial charge is 0.507 e. The Labute approximate surface area is 286 Å². The lowest BCUT2D eigenvalue weighted by Gasteiger charge is -2.13. The second kappa shape index (κ2) is 17.8. The third-order valence-electron chi connectivity index (χ3n) is 8.02. The van der Waals surface area contributed by atoms with E-state index in [2.05, 4.69) is 18.8 Å². The number of rotatable bonds is 15. The molecule has 4 aromatic carbocycles. The maximum atomic E-state index is 14.9. The molecule has 0 aliphatic carbocycles. The SMILES string of the molecule is CCCCCCCOc1cc(O)c(C(=O)Cc2ccc(C#Cc3ccc(OC(=O)c4cc(CO)c(C)cc4CO)cc3F)cc2)cc1OC. The zero-order valence-electron chi connectivity index (χ0n) is 28.0. The number of aromatic hydroxyl groups is 1. The highest BCUT2D eigenvalue weighted by molar-refractivity contribution is 6.00. The Balaban J connectivity index is 1.37. The highest BCUT2D eigenvalue weighted by Crippen LogP contribution is 2.35. The summed E-state index contributed by atoms with van der Waals surface area (Å²) in [5.41, 5.74) is 3.14. The molecule has 4 aromatic rings. The molecule has 3 N–H and O–H groups in total. The number of benzene rings is 4. The number of phenolic OH excluding ortho intramolecular Hbond substituents is 1. The van der Waals surface area contributed by atoms with Crippen LogP contribution in [-0.4, -0.2) is 40.8 Å². The van der Waals surface area contributed by atoms with E-state index in [1.807, 2.05) is 0 Å². The molecule has 9 heteroatoms. The molecule has 0 spiro atoms. The van der Waals surface area contributed by atoms with Crippen molar-refractivity contribution in [3.8, 4) is 34.8 Å². The van der Waals surface area contributed by atoms with Gasteiger partial charge in [0.15, 0.2) is 17.3 Å². The van der Waals surface area contributed by atoms with Crippen LogP contribution in [0.5, 0.6) is 23.0 Å². The summed E-state index contributed by atoms with van der Waals surface area (Å²) < 4.78 is 31.4. The van der Waals surface area contributed by atoms with E-state index in [0.717, 1.165) is 37.3 Å². The standard InChI is InChI=1S/C40H41FO8/c1-4-5-6-7-8-17-48-39-23-37(45)34(22-38(39)47-3)36(44)19-28-11-9-27(10-12-28)13-14-29-15-16-32(21-35(29)41)49-40(46)33-20-30(24-42)26(2)18-31(33)25-43/h9-12,15-16,18,20-23,42-43,45H,4-8,17,19,24-25H2,1-3H3. The van der Waals surface area contributed by atoms with Crippen molar-refractivity contribution in [2.75, 3.05) is 13.7 Å². The van der Waals surface area contributed by atoms with Crippen LogP contribution in [0.25, 0.3) is 0 Å².